The zero-order chi connectivity index (χ0) is 14.6. The molecule has 20 heavy (non-hydrogen) atoms. The van der Waals surface area contributed by atoms with Gasteiger partial charge < -0.3 is 9.99 Å². The van der Waals surface area contributed by atoms with E-state index in [0.29, 0.717) is 5.39 Å². The summed E-state index contributed by atoms with van der Waals surface area (Å²) in [6.45, 7) is 0. The molecular weight excluding hydrogens is 294 g/mol. The van der Waals surface area contributed by atoms with Gasteiger partial charge in [-0.1, -0.05) is 36.4 Å². The standard InChI is InChI=1S/C12H8F2O5S/c13-12(14,20-19-18-16)11(15)17-10-7-3-5-8-4-1-2-6-9(8)10/h1-7,16H/p-1. The molecule has 0 aliphatic carbocycles. The molecule has 8 heteroatoms. The first-order chi connectivity index (χ1) is 9.54. The van der Waals surface area contributed by atoms with E-state index < -0.39 is 23.3 Å². The summed E-state index contributed by atoms with van der Waals surface area (Å²) in [6, 6.07) is 11.5. The molecule has 2 rings (SSSR count). The van der Waals surface area contributed by atoms with Crippen molar-refractivity contribution in [1.29, 1.82) is 0 Å². The molecule has 0 aromatic heterocycles. The third kappa shape index (κ3) is 3.23. The van der Waals surface area contributed by atoms with Crippen LogP contribution in [0.5, 0.6) is 5.75 Å². The topological polar surface area (TPSA) is 67.8 Å². The number of rotatable bonds is 5. The fraction of sp³-hybridized carbons (Fsp3) is 0.0833. The number of carbonyl (C=O) groups is 1. The Morgan fingerprint density at radius 2 is 1.85 bits per heavy atom. The van der Waals surface area contributed by atoms with Crippen LogP contribution in [0.2, 0.25) is 0 Å². The molecule has 0 atom stereocenters. The Labute approximate surface area is 116 Å². The zero-order valence-corrected chi connectivity index (χ0v) is 10.6. The van der Waals surface area contributed by atoms with Crippen LogP contribution in [-0.4, -0.2) is 11.2 Å². The second-order valence-corrected chi connectivity index (χ2v) is 4.42. The van der Waals surface area contributed by atoms with Gasteiger partial charge in [0.1, 0.15) is 17.8 Å². The van der Waals surface area contributed by atoms with Gasteiger partial charge in [-0.15, -0.1) is 0 Å². The predicted molar refractivity (Wildman–Crippen MR) is 64.3 cm³/mol. The van der Waals surface area contributed by atoms with Gasteiger partial charge in [-0.3, -0.25) is 5.04 Å². The van der Waals surface area contributed by atoms with Crippen LogP contribution in [0.3, 0.4) is 0 Å². The third-order valence-corrected chi connectivity index (χ3v) is 2.86. The summed E-state index contributed by atoms with van der Waals surface area (Å²) >= 11 is -0.731. The molecule has 0 saturated carbocycles. The number of ether oxygens (including phenoxy) is 1. The van der Waals surface area contributed by atoms with Gasteiger partial charge in [0, 0.05) is 5.39 Å². The monoisotopic (exact) mass is 301 g/mol. The van der Waals surface area contributed by atoms with Crippen LogP contribution in [0.1, 0.15) is 0 Å². The van der Waals surface area contributed by atoms with E-state index >= 15 is 0 Å². The maximum atomic E-state index is 13.2. The SMILES string of the molecule is O=C(Oc1cccc2ccccc12)C(F)(F)SOO[O-]. The quantitative estimate of drug-likeness (QED) is 0.277. The smallest absolute Gasteiger partial charge is 0.416 e. The molecule has 0 saturated heterocycles. The minimum Gasteiger partial charge on any atom is -0.691 e. The van der Waals surface area contributed by atoms with Crippen molar-refractivity contribution in [1.82, 2.24) is 0 Å². The predicted octanol–water partition coefficient (Wildman–Crippen LogP) is 2.21. The van der Waals surface area contributed by atoms with E-state index in [9.17, 15) is 18.8 Å². The van der Waals surface area contributed by atoms with Crippen LogP contribution in [0.4, 0.5) is 8.78 Å². The average molecular weight is 301 g/mol. The molecular formula is C12H7F2O5S-. The lowest BCUT2D eigenvalue weighted by Gasteiger charge is -2.14. The lowest BCUT2D eigenvalue weighted by atomic mass is 10.1. The van der Waals surface area contributed by atoms with Gasteiger partial charge in [-0.2, -0.15) is 13.1 Å². The molecule has 0 aliphatic rings. The molecule has 2 aromatic carbocycles. The Kier molecular flexibility index (Phi) is 4.50. The highest BCUT2D eigenvalue weighted by atomic mass is 32.2. The minimum absolute atomic E-state index is 0.0172. The van der Waals surface area contributed by atoms with Crippen LogP contribution >= 0.6 is 12.0 Å². The summed E-state index contributed by atoms with van der Waals surface area (Å²) in [4.78, 5) is 11.4. The van der Waals surface area contributed by atoms with Crippen LogP contribution < -0.4 is 9.99 Å². The van der Waals surface area contributed by atoms with Crippen LogP contribution in [-0.2, 0) is 14.2 Å². The first kappa shape index (κ1) is 14.7. The number of hydrogen-bond acceptors (Lipinski definition) is 6. The van der Waals surface area contributed by atoms with Crippen molar-refractivity contribution in [3.63, 3.8) is 0 Å². The van der Waals surface area contributed by atoms with Gasteiger partial charge in [0.15, 0.2) is 0 Å². The van der Waals surface area contributed by atoms with Gasteiger partial charge in [-0.05, 0) is 11.5 Å². The highest BCUT2D eigenvalue weighted by Crippen LogP contribution is 2.33. The van der Waals surface area contributed by atoms with E-state index in [1.807, 2.05) is 0 Å². The molecule has 0 N–H and O–H groups in total. The lowest BCUT2D eigenvalue weighted by molar-refractivity contribution is -0.777. The highest BCUT2D eigenvalue weighted by Gasteiger charge is 2.44. The van der Waals surface area contributed by atoms with E-state index in [4.69, 9.17) is 0 Å². The summed E-state index contributed by atoms with van der Waals surface area (Å²) in [7, 11) is 0. The summed E-state index contributed by atoms with van der Waals surface area (Å²) in [5.74, 6) is -1.88. The van der Waals surface area contributed by atoms with Crippen LogP contribution in [0.25, 0.3) is 10.8 Å². The molecule has 2 aromatic rings. The molecule has 0 bridgehead atoms. The number of carbonyl (C=O) groups excluding carboxylic acids is 1. The van der Waals surface area contributed by atoms with Crippen LogP contribution in [0, 0.1) is 0 Å². The number of esters is 1. The molecule has 5 nitrogen and oxygen atoms in total. The van der Waals surface area contributed by atoms with E-state index in [1.54, 1.807) is 36.4 Å². The van der Waals surface area contributed by atoms with Crippen molar-refractivity contribution in [2.75, 3.05) is 0 Å². The Morgan fingerprint density at radius 1 is 1.15 bits per heavy atom. The van der Waals surface area contributed by atoms with Crippen molar-refractivity contribution in [3.8, 4) is 5.75 Å². The van der Waals surface area contributed by atoms with Gasteiger partial charge in [-0.25, -0.2) is 4.79 Å². The average Bonchev–Trinajstić information content (AvgIpc) is 2.45. The maximum absolute atomic E-state index is 13.2. The van der Waals surface area contributed by atoms with Crippen molar-refractivity contribution in [3.05, 3.63) is 42.5 Å². The molecule has 106 valence electrons. The Morgan fingerprint density at radius 3 is 2.60 bits per heavy atom. The summed E-state index contributed by atoms with van der Waals surface area (Å²) in [6.07, 6.45) is 0. The van der Waals surface area contributed by atoms with Gasteiger partial charge >= 0.3 is 11.2 Å². The van der Waals surface area contributed by atoms with Crippen molar-refractivity contribution >= 4 is 28.8 Å². The van der Waals surface area contributed by atoms with Gasteiger partial charge in [0.2, 0.25) is 0 Å². The summed E-state index contributed by atoms with van der Waals surface area (Å²) < 4.78 is 34.6. The number of halogens is 2. The molecule has 0 fully saturated rings. The number of alkyl halides is 2. The normalized spacial score (nSPS) is 11.6. The fourth-order valence-electron chi connectivity index (χ4n) is 1.53. The largest absolute Gasteiger partial charge is 0.691 e. The molecule has 0 heterocycles. The van der Waals surface area contributed by atoms with E-state index in [2.05, 4.69) is 14.1 Å². The molecule has 0 radical (unpaired) electrons. The van der Waals surface area contributed by atoms with Crippen molar-refractivity contribution < 1.29 is 32.9 Å². The van der Waals surface area contributed by atoms with Crippen molar-refractivity contribution in [2.45, 2.75) is 5.25 Å². The highest BCUT2D eigenvalue weighted by molar-refractivity contribution is 7.96. The second kappa shape index (κ2) is 6.14. The lowest BCUT2D eigenvalue weighted by Crippen LogP contribution is -2.30. The second-order valence-electron chi connectivity index (χ2n) is 3.60. The Hall–Kier alpha value is -1.74. The van der Waals surface area contributed by atoms with Gasteiger partial charge in [0.05, 0.1) is 0 Å². The summed E-state index contributed by atoms with van der Waals surface area (Å²) in [5.41, 5.74) is 0. The number of benzene rings is 2. The van der Waals surface area contributed by atoms with E-state index in [0.717, 1.165) is 5.39 Å². The van der Waals surface area contributed by atoms with Crippen molar-refractivity contribution in [2.24, 2.45) is 0 Å². The Bertz CT molecular complexity index is 614. The van der Waals surface area contributed by atoms with E-state index in [-0.39, 0.29) is 5.75 Å². The third-order valence-electron chi connectivity index (χ3n) is 2.36. The van der Waals surface area contributed by atoms with Gasteiger partial charge in [0.25, 0.3) is 0 Å². The first-order valence-electron chi connectivity index (χ1n) is 5.27. The fourth-order valence-corrected chi connectivity index (χ4v) is 1.76. The molecule has 0 amide bonds. The molecule has 0 unspecified atom stereocenters. The summed E-state index contributed by atoms with van der Waals surface area (Å²) in [5, 5.41) is 9.44. The minimum atomic E-state index is -4.07. The molecule has 0 aliphatic heterocycles. The Balaban J connectivity index is 2.22. The number of fused-ring (bicyclic) bond motifs is 1. The maximum Gasteiger partial charge on any atom is 0.416 e. The zero-order valence-electron chi connectivity index (χ0n) is 9.75. The number of hydrogen-bond donors (Lipinski definition) is 0. The molecule has 0 spiro atoms. The van der Waals surface area contributed by atoms with E-state index in [1.165, 1.54) is 6.07 Å². The first-order valence-corrected chi connectivity index (χ1v) is 6.01. The van der Waals surface area contributed by atoms with Crippen LogP contribution in [0.15, 0.2) is 42.5 Å².